The lowest BCUT2D eigenvalue weighted by molar-refractivity contribution is 0.102. The number of halogens is 2. The molecular weight excluding hydrogens is 461 g/mol. The maximum atomic E-state index is 13.2. The largest absolute Gasteiger partial charge is 0.298 e. The van der Waals surface area contributed by atoms with Crippen LogP contribution in [0.1, 0.15) is 10.4 Å². The van der Waals surface area contributed by atoms with Gasteiger partial charge in [-0.1, -0.05) is 65.7 Å². The first-order valence-electron chi connectivity index (χ1n) is 9.75. The van der Waals surface area contributed by atoms with E-state index >= 15 is 0 Å². The average Bonchev–Trinajstić information content (AvgIpc) is 3.27. The molecule has 0 spiro atoms. The fourth-order valence-corrected chi connectivity index (χ4v) is 4.35. The van der Waals surface area contributed by atoms with E-state index in [-0.39, 0.29) is 5.91 Å². The van der Waals surface area contributed by atoms with Crippen LogP contribution in [0.15, 0.2) is 84.2 Å². The van der Waals surface area contributed by atoms with E-state index in [4.69, 9.17) is 28.2 Å². The number of hydrogen-bond donors (Lipinski definition) is 1. The van der Waals surface area contributed by atoms with Crippen molar-refractivity contribution in [3.05, 3.63) is 99.9 Å². The van der Waals surface area contributed by atoms with Gasteiger partial charge in [0.15, 0.2) is 5.13 Å². The Hall–Kier alpha value is -3.25. The molecule has 7 heteroatoms. The Kier molecular flexibility index (Phi) is 5.62. The molecule has 0 aliphatic heterocycles. The first kappa shape index (κ1) is 20.6. The van der Waals surface area contributed by atoms with Crippen LogP contribution in [-0.2, 0) is 0 Å². The minimum absolute atomic E-state index is 0.240. The van der Waals surface area contributed by atoms with Crippen molar-refractivity contribution in [2.75, 3.05) is 5.32 Å². The molecule has 1 N–H and O–H groups in total. The van der Waals surface area contributed by atoms with Crippen LogP contribution in [-0.4, -0.2) is 15.9 Å². The molecule has 4 nitrogen and oxygen atoms in total. The van der Waals surface area contributed by atoms with E-state index in [1.54, 1.807) is 18.2 Å². The van der Waals surface area contributed by atoms with E-state index in [1.165, 1.54) is 11.3 Å². The van der Waals surface area contributed by atoms with Gasteiger partial charge in [-0.05, 0) is 36.4 Å². The smallest absolute Gasteiger partial charge is 0.258 e. The second kappa shape index (κ2) is 8.71. The molecule has 1 amide bonds. The Bertz CT molecular complexity index is 1430. The summed E-state index contributed by atoms with van der Waals surface area (Å²) in [5.74, 6) is -0.240. The molecule has 0 saturated carbocycles. The third-order valence-corrected chi connectivity index (χ3v) is 6.23. The molecule has 32 heavy (non-hydrogen) atoms. The van der Waals surface area contributed by atoms with Gasteiger partial charge in [0.2, 0.25) is 0 Å². The van der Waals surface area contributed by atoms with E-state index < -0.39 is 0 Å². The summed E-state index contributed by atoms with van der Waals surface area (Å²) in [6.07, 6.45) is 0. The number of fused-ring (bicyclic) bond motifs is 1. The molecule has 156 valence electrons. The molecule has 0 radical (unpaired) electrons. The molecule has 2 heterocycles. The highest BCUT2D eigenvalue weighted by atomic mass is 35.5. The number of anilines is 1. The highest BCUT2D eigenvalue weighted by molar-refractivity contribution is 7.14. The molecule has 3 aromatic carbocycles. The number of rotatable bonds is 4. The third kappa shape index (κ3) is 4.23. The lowest BCUT2D eigenvalue weighted by Crippen LogP contribution is -2.13. The summed E-state index contributed by atoms with van der Waals surface area (Å²) in [7, 11) is 0. The van der Waals surface area contributed by atoms with Gasteiger partial charge in [0, 0.05) is 31.9 Å². The maximum Gasteiger partial charge on any atom is 0.258 e. The topological polar surface area (TPSA) is 54.9 Å². The molecule has 5 aromatic rings. The van der Waals surface area contributed by atoms with Crippen molar-refractivity contribution in [3.63, 3.8) is 0 Å². The number of aromatic nitrogens is 2. The van der Waals surface area contributed by atoms with Gasteiger partial charge in [0.25, 0.3) is 5.91 Å². The zero-order valence-electron chi connectivity index (χ0n) is 16.5. The van der Waals surface area contributed by atoms with Gasteiger partial charge < -0.3 is 0 Å². The summed E-state index contributed by atoms with van der Waals surface area (Å²) in [5.41, 5.74) is 4.57. The normalized spacial score (nSPS) is 10.9. The van der Waals surface area contributed by atoms with Crippen LogP contribution in [0.25, 0.3) is 33.4 Å². The average molecular weight is 476 g/mol. The second-order valence-electron chi connectivity index (χ2n) is 7.08. The molecule has 5 rings (SSSR count). The number of pyridine rings is 1. The standard InChI is InChI=1S/C25H15Cl2N3OS/c26-17-9-5-15(6-10-17)22-13-20(19-3-1-2-4-21(19)28-22)24(31)30-25-29-23(14-32-25)16-7-11-18(27)12-8-16/h1-14H,(H,29,30,31). The van der Waals surface area contributed by atoms with Gasteiger partial charge >= 0.3 is 0 Å². The molecule has 0 unspecified atom stereocenters. The van der Waals surface area contributed by atoms with Crippen LogP contribution >= 0.6 is 34.5 Å². The first-order valence-corrected chi connectivity index (χ1v) is 11.4. The minimum atomic E-state index is -0.240. The zero-order valence-corrected chi connectivity index (χ0v) is 18.9. The fraction of sp³-hybridized carbons (Fsp3) is 0. The fourth-order valence-electron chi connectivity index (χ4n) is 3.38. The summed E-state index contributed by atoms with van der Waals surface area (Å²) < 4.78 is 0. The Labute approximate surface area is 198 Å². The summed E-state index contributed by atoms with van der Waals surface area (Å²) in [5, 5.41) is 7.45. The van der Waals surface area contributed by atoms with Gasteiger partial charge in [-0.3, -0.25) is 10.1 Å². The molecular formula is C25H15Cl2N3OS. The van der Waals surface area contributed by atoms with Crippen LogP contribution < -0.4 is 5.32 Å². The Morgan fingerprint density at radius 2 is 1.41 bits per heavy atom. The van der Waals surface area contributed by atoms with Crippen molar-refractivity contribution in [1.29, 1.82) is 0 Å². The predicted molar refractivity (Wildman–Crippen MR) is 133 cm³/mol. The van der Waals surface area contributed by atoms with Crippen molar-refractivity contribution in [2.45, 2.75) is 0 Å². The second-order valence-corrected chi connectivity index (χ2v) is 8.81. The lowest BCUT2D eigenvalue weighted by Gasteiger charge is -2.10. The van der Waals surface area contributed by atoms with Gasteiger partial charge in [-0.25, -0.2) is 9.97 Å². The molecule has 0 atom stereocenters. The maximum absolute atomic E-state index is 13.2. The summed E-state index contributed by atoms with van der Waals surface area (Å²) in [6.45, 7) is 0. The highest BCUT2D eigenvalue weighted by Gasteiger charge is 2.16. The van der Waals surface area contributed by atoms with Crippen LogP contribution in [0.4, 0.5) is 5.13 Å². The summed E-state index contributed by atoms with van der Waals surface area (Å²) in [6, 6.07) is 24.2. The van der Waals surface area contributed by atoms with Crippen molar-refractivity contribution < 1.29 is 4.79 Å². The molecule has 0 fully saturated rings. The highest BCUT2D eigenvalue weighted by Crippen LogP contribution is 2.29. The number of thiazole rings is 1. The monoisotopic (exact) mass is 475 g/mol. The lowest BCUT2D eigenvalue weighted by atomic mass is 10.0. The Morgan fingerprint density at radius 1 is 0.781 bits per heavy atom. The Morgan fingerprint density at radius 3 is 2.09 bits per heavy atom. The number of hydrogen-bond acceptors (Lipinski definition) is 4. The zero-order chi connectivity index (χ0) is 22.1. The first-order chi connectivity index (χ1) is 15.6. The van der Waals surface area contributed by atoms with E-state index in [1.807, 2.05) is 66.0 Å². The molecule has 0 aliphatic rings. The molecule has 0 aliphatic carbocycles. The van der Waals surface area contributed by atoms with Gasteiger partial charge in [0.05, 0.1) is 22.5 Å². The number of carbonyl (C=O) groups is 1. The van der Waals surface area contributed by atoms with E-state index in [0.29, 0.717) is 26.4 Å². The van der Waals surface area contributed by atoms with Gasteiger partial charge in [-0.15, -0.1) is 11.3 Å². The third-order valence-electron chi connectivity index (χ3n) is 4.97. The van der Waals surface area contributed by atoms with Crippen molar-refractivity contribution in [2.24, 2.45) is 0 Å². The van der Waals surface area contributed by atoms with Crippen LogP contribution in [0.2, 0.25) is 10.0 Å². The van der Waals surface area contributed by atoms with Gasteiger partial charge in [-0.2, -0.15) is 0 Å². The van der Waals surface area contributed by atoms with Crippen LogP contribution in [0.3, 0.4) is 0 Å². The van der Waals surface area contributed by atoms with Crippen molar-refractivity contribution in [3.8, 4) is 22.5 Å². The molecule has 0 saturated heterocycles. The van der Waals surface area contributed by atoms with Crippen LogP contribution in [0, 0.1) is 0 Å². The molecule has 0 bridgehead atoms. The number of para-hydroxylation sites is 1. The van der Waals surface area contributed by atoms with E-state index in [2.05, 4.69) is 10.3 Å². The number of benzene rings is 3. The summed E-state index contributed by atoms with van der Waals surface area (Å²) >= 11 is 13.4. The van der Waals surface area contributed by atoms with E-state index in [9.17, 15) is 4.79 Å². The molecule has 2 aromatic heterocycles. The van der Waals surface area contributed by atoms with Crippen molar-refractivity contribution in [1.82, 2.24) is 9.97 Å². The predicted octanol–water partition coefficient (Wildman–Crippen LogP) is 7.58. The SMILES string of the molecule is O=C(Nc1nc(-c2ccc(Cl)cc2)cs1)c1cc(-c2ccc(Cl)cc2)nc2ccccc12. The van der Waals surface area contributed by atoms with Gasteiger partial charge in [0.1, 0.15) is 0 Å². The number of nitrogens with zero attached hydrogens (tertiary/aromatic N) is 2. The summed E-state index contributed by atoms with van der Waals surface area (Å²) in [4.78, 5) is 22.5. The van der Waals surface area contributed by atoms with Crippen molar-refractivity contribution >= 4 is 56.5 Å². The van der Waals surface area contributed by atoms with Crippen LogP contribution in [0.5, 0.6) is 0 Å². The Balaban J connectivity index is 1.49. The minimum Gasteiger partial charge on any atom is -0.298 e. The van der Waals surface area contributed by atoms with E-state index in [0.717, 1.165) is 27.7 Å². The number of amides is 1. The quantitative estimate of drug-likeness (QED) is 0.291. The number of carbonyl (C=O) groups excluding carboxylic acids is 1. The number of nitrogens with one attached hydrogen (secondary N) is 1.